The van der Waals surface area contributed by atoms with Crippen molar-refractivity contribution in [1.29, 1.82) is 0 Å². The topological polar surface area (TPSA) is 66.0 Å². The molecule has 2 heterocycles. The number of nitrogens with one attached hydrogen (secondary N) is 3. The van der Waals surface area contributed by atoms with Gasteiger partial charge in [-0.05, 0) is 47.2 Å². The van der Waals surface area contributed by atoms with Crippen LogP contribution in [0.25, 0.3) is 10.8 Å². The van der Waals surface area contributed by atoms with Gasteiger partial charge in [-0.1, -0.05) is 18.2 Å². The summed E-state index contributed by atoms with van der Waals surface area (Å²) in [7, 11) is 1.88. The molecule has 0 aliphatic carbocycles. The number of pyridine rings is 1. The third-order valence-electron chi connectivity index (χ3n) is 4.92. The first-order chi connectivity index (χ1) is 12.7. The zero-order valence-corrected chi connectivity index (χ0v) is 14.8. The molecular weight excluding hydrogens is 324 g/mol. The lowest BCUT2D eigenvalue weighted by Gasteiger charge is -2.25. The number of nitrogens with zero attached hydrogens (tertiary/aromatic N) is 1. The van der Waals surface area contributed by atoms with Crippen molar-refractivity contribution in [2.75, 3.05) is 24.2 Å². The number of carbonyl (C=O) groups is 1. The Kier molecular flexibility index (Phi) is 4.54. The van der Waals surface area contributed by atoms with Crippen molar-refractivity contribution in [2.45, 2.75) is 13.0 Å². The maximum absolute atomic E-state index is 12.4. The van der Waals surface area contributed by atoms with Crippen LogP contribution < -0.4 is 16.0 Å². The van der Waals surface area contributed by atoms with Crippen LogP contribution >= 0.6 is 0 Å². The molecule has 1 aliphatic heterocycles. The largest absolute Gasteiger partial charge is 0.388 e. The first kappa shape index (κ1) is 16.5. The van der Waals surface area contributed by atoms with Crippen LogP contribution in [0, 0.1) is 5.92 Å². The van der Waals surface area contributed by atoms with Crippen molar-refractivity contribution in [3.63, 3.8) is 0 Å². The smallest absolute Gasteiger partial charge is 0.229 e. The molecule has 132 valence electrons. The fraction of sp³-hybridized carbons (Fsp3) is 0.238. The van der Waals surface area contributed by atoms with Crippen LogP contribution in [0.3, 0.4) is 0 Å². The number of rotatable bonds is 5. The van der Waals surface area contributed by atoms with Crippen LogP contribution in [0.15, 0.2) is 54.9 Å². The summed E-state index contributed by atoms with van der Waals surface area (Å²) in [6.07, 6.45) is 4.45. The van der Waals surface area contributed by atoms with E-state index in [0.29, 0.717) is 6.54 Å². The summed E-state index contributed by atoms with van der Waals surface area (Å²) in [5.41, 5.74) is 4.31. The molecule has 5 heteroatoms. The second kappa shape index (κ2) is 7.14. The van der Waals surface area contributed by atoms with Crippen LogP contribution in [0.1, 0.15) is 11.1 Å². The molecule has 1 atom stereocenters. The molecule has 5 nitrogen and oxygen atoms in total. The van der Waals surface area contributed by atoms with E-state index in [0.717, 1.165) is 29.7 Å². The highest BCUT2D eigenvalue weighted by atomic mass is 16.2. The number of carbonyl (C=O) groups excluding carboxylic acids is 1. The van der Waals surface area contributed by atoms with Gasteiger partial charge in [-0.2, -0.15) is 0 Å². The van der Waals surface area contributed by atoms with Gasteiger partial charge in [0.15, 0.2) is 0 Å². The highest BCUT2D eigenvalue weighted by molar-refractivity contribution is 5.96. The van der Waals surface area contributed by atoms with Crippen molar-refractivity contribution in [3.05, 3.63) is 66.0 Å². The molecule has 0 saturated carbocycles. The Labute approximate surface area is 152 Å². The van der Waals surface area contributed by atoms with Gasteiger partial charge >= 0.3 is 0 Å². The Morgan fingerprint density at radius 1 is 1.15 bits per heavy atom. The molecular formula is C21H22N4O. The number of benzene rings is 2. The Morgan fingerprint density at radius 2 is 2.08 bits per heavy atom. The lowest BCUT2D eigenvalue weighted by atomic mass is 9.92. The minimum atomic E-state index is -0.0509. The van der Waals surface area contributed by atoms with Gasteiger partial charge < -0.3 is 16.0 Å². The Hall–Kier alpha value is -2.92. The van der Waals surface area contributed by atoms with E-state index >= 15 is 0 Å². The summed E-state index contributed by atoms with van der Waals surface area (Å²) >= 11 is 0. The Balaban J connectivity index is 1.38. The average molecular weight is 346 g/mol. The SMILES string of the molecule is CNc1ccc2c(c1)NC(=O)C(CNCc1ccc3ccncc3c1)C2. The number of amides is 1. The third kappa shape index (κ3) is 3.39. The second-order valence-corrected chi connectivity index (χ2v) is 6.70. The number of anilines is 2. The zero-order chi connectivity index (χ0) is 17.9. The van der Waals surface area contributed by atoms with Gasteiger partial charge in [0.25, 0.3) is 0 Å². The number of aromatic nitrogens is 1. The second-order valence-electron chi connectivity index (χ2n) is 6.70. The first-order valence-electron chi connectivity index (χ1n) is 8.88. The van der Waals surface area contributed by atoms with E-state index in [-0.39, 0.29) is 11.8 Å². The van der Waals surface area contributed by atoms with Gasteiger partial charge in [0.05, 0.1) is 5.92 Å². The van der Waals surface area contributed by atoms with Crippen molar-refractivity contribution < 1.29 is 4.79 Å². The fourth-order valence-electron chi connectivity index (χ4n) is 3.42. The predicted molar refractivity (Wildman–Crippen MR) is 105 cm³/mol. The van der Waals surface area contributed by atoms with E-state index in [2.05, 4.69) is 45.2 Å². The summed E-state index contributed by atoms with van der Waals surface area (Å²) < 4.78 is 0. The van der Waals surface area contributed by atoms with Gasteiger partial charge in [0.1, 0.15) is 0 Å². The highest BCUT2D eigenvalue weighted by Gasteiger charge is 2.25. The van der Waals surface area contributed by atoms with E-state index in [1.54, 1.807) is 6.20 Å². The van der Waals surface area contributed by atoms with Gasteiger partial charge in [0, 0.05) is 49.3 Å². The molecule has 2 aromatic carbocycles. The van der Waals surface area contributed by atoms with Crippen LogP contribution in [-0.2, 0) is 17.8 Å². The van der Waals surface area contributed by atoms with Crippen LogP contribution in [0.4, 0.5) is 11.4 Å². The van der Waals surface area contributed by atoms with Gasteiger partial charge in [-0.3, -0.25) is 9.78 Å². The molecule has 1 amide bonds. The van der Waals surface area contributed by atoms with Crippen molar-refractivity contribution in [1.82, 2.24) is 10.3 Å². The van der Waals surface area contributed by atoms with E-state index in [1.807, 2.05) is 31.4 Å². The summed E-state index contributed by atoms with van der Waals surface area (Å²) in [5, 5.41) is 11.9. The maximum Gasteiger partial charge on any atom is 0.229 e. The van der Waals surface area contributed by atoms with Gasteiger partial charge in [-0.15, -0.1) is 0 Å². The maximum atomic E-state index is 12.4. The Morgan fingerprint density at radius 3 is 2.96 bits per heavy atom. The van der Waals surface area contributed by atoms with Gasteiger partial charge in [0.2, 0.25) is 5.91 Å². The van der Waals surface area contributed by atoms with E-state index in [4.69, 9.17) is 0 Å². The molecule has 3 aromatic rings. The molecule has 0 fully saturated rings. The molecule has 1 aromatic heterocycles. The molecule has 4 rings (SSSR count). The van der Waals surface area contributed by atoms with Crippen molar-refractivity contribution >= 4 is 28.1 Å². The molecule has 0 bridgehead atoms. The van der Waals surface area contributed by atoms with Crippen LogP contribution in [0.5, 0.6) is 0 Å². The van der Waals surface area contributed by atoms with Crippen LogP contribution in [-0.4, -0.2) is 24.5 Å². The molecule has 0 radical (unpaired) electrons. The van der Waals surface area contributed by atoms with Crippen LogP contribution in [0.2, 0.25) is 0 Å². The minimum Gasteiger partial charge on any atom is -0.388 e. The third-order valence-corrected chi connectivity index (χ3v) is 4.92. The summed E-state index contributed by atoms with van der Waals surface area (Å²) in [5.74, 6) is 0.0334. The minimum absolute atomic E-state index is 0.0509. The zero-order valence-electron chi connectivity index (χ0n) is 14.8. The average Bonchev–Trinajstić information content (AvgIpc) is 2.68. The predicted octanol–water partition coefficient (Wildman–Crippen LogP) is 3.18. The fourth-order valence-corrected chi connectivity index (χ4v) is 3.42. The molecule has 0 spiro atoms. The molecule has 1 aliphatic rings. The van der Waals surface area contributed by atoms with Crippen molar-refractivity contribution in [3.8, 4) is 0 Å². The molecule has 0 saturated heterocycles. The number of hydrogen-bond acceptors (Lipinski definition) is 4. The van der Waals surface area contributed by atoms with E-state index in [9.17, 15) is 4.79 Å². The van der Waals surface area contributed by atoms with Gasteiger partial charge in [-0.25, -0.2) is 0 Å². The monoisotopic (exact) mass is 346 g/mol. The first-order valence-corrected chi connectivity index (χ1v) is 8.88. The molecule has 3 N–H and O–H groups in total. The van der Waals surface area contributed by atoms with Crippen molar-refractivity contribution in [2.24, 2.45) is 5.92 Å². The molecule has 26 heavy (non-hydrogen) atoms. The summed E-state index contributed by atoms with van der Waals surface area (Å²) in [6, 6.07) is 14.5. The summed E-state index contributed by atoms with van der Waals surface area (Å²) in [4.78, 5) is 16.6. The quantitative estimate of drug-likeness (QED) is 0.664. The summed E-state index contributed by atoms with van der Waals surface area (Å²) in [6.45, 7) is 1.39. The normalized spacial score (nSPS) is 16.2. The number of fused-ring (bicyclic) bond motifs is 2. The Bertz CT molecular complexity index is 954. The van der Waals surface area contributed by atoms with E-state index < -0.39 is 0 Å². The highest BCUT2D eigenvalue weighted by Crippen LogP contribution is 2.28. The standard InChI is InChI=1S/C21H22N4O/c1-22-19-5-4-16-9-18(21(26)25-20(16)10-19)13-24-11-14-2-3-15-6-7-23-12-17(15)8-14/h2-8,10,12,18,22,24H,9,11,13H2,1H3,(H,25,26). The lowest BCUT2D eigenvalue weighted by molar-refractivity contribution is -0.120. The molecule has 1 unspecified atom stereocenters. The number of hydrogen-bond donors (Lipinski definition) is 3. The lowest BCUT2D eigenvalue weighted by Crippen LogP contribution is -2.37. The van der Waals surface area contributed by atoms with E-state index in [1.165, 1.54) is 16.5 Å².